The van der Waals surface area contributed by atoms with Crippen LogP contribution in [0.15, 0.2) is 30.9 Å². The van der Waals surface area contributed by atoms with Crippen molar-refractivity contribution in [3.05, 3.63) is 42.4 Å². The van der Waals surface area contributed by atoms with Crippen molar-refractivity contribution in [2.24, 2.45) is 0 Å². The summed E-state index contributed by atoms with van der Waals surface area (Å²) < 4.78 is 37.3. The maximum absolute atomic E-state index is 12.8. The van der Waals surface area contributed by atoms with Gasteiger partial charge in [0.25, 0.3) is 5.91 Å². The summed E-state index contributed by atoms with van der Waals surface area (Å²) in [5, 5.41) is 7.12. The van der Waals surface area contributed by atoms with Crippen LogP contribution in [-0.2, 0) is 9.53 Å². The van der Waals surface area contributed by atoms with Crippen LogP contribution in [0.3, 0.4) is 0 Å². The number of ether oxygens (including phenoxy) is 1. The van der Waals surface area contributed by atoms with Gasteiger partial charge in [-0.3, -0.25) is 4.79 Å². The maximum atomic E-state index is 12.8. The lowest BCUT2D eigenvalue weighted by molar-refractivity contribution is -0.192. The summed E-state index contributed by atoms with van der Waals surface area (Å²) in [5.41, 5.74) is 0.360. The Morgan fingerprint density at radius 3 is 2.58 bits per heavy atom. The Labute approximate surface area is 175 Å². The molecule has 1 aliphatic rings. The zero-order valence-electron chi connectivity index (χ0n) is 16.8. The van der Waals surface area contributed by atoms with E-state index in [1.807, 2.05) is 18.0 Å². The average Bonchev–Trinajstić information content (AvgIpc) is 2.78. The first kappa shape index (κ1) is 23.9. The fourth-order valence-corrected chi connectivity index (χ4v) is 2.52. The zero-order chi connectivity index (χ0) is 23.0. The molecule has 168 valence electrons. The number of amides is 1. The number of anilines is 1. The Hall–Kier alpha value is -3.35. The van der Waals surface area contributed by atoms with Crippen molar-refractivity contribution in [2.75, 3.05) is 38.3 Å². The normalized spacial score (nSPS) is 16.2. The summed E-state index contributed by atoms with van der Waals surface area (Å²) in [6.45, 7) is 4.22. The van der Waals surface area contributed by atoms with Crippen LogP contribution in [0, 0.1) is 0 Å². The van der Waals surface area contributed by atoms with Crippen LogP contribution in [0.1, 0.15) is 29.3 Å². The molecular weight excluding hydrogens is 421 g/mol. The lowest BCUT2D eigenvalue weighted by Crippen LogP contribution is -2.44. The van der Waals surface area contributed by atoms with E-state index in [-0.39, 0.29) is 11.9 Å². The number of hydrogen-bond acceptors (Lipinski definition) is 8. The van der Waals surface area contributed by atoms with Gasteiger partial charge in [-0.15, -0.1) is 0 Å². The van der Waals surface area contributed by atoms with Crippen molar-refractivity contribution in [3.8, 4) is 0 Å². The topological polar surface area (TPSA) is 122 Å². The van der Waals surface area contributed by atoms with Gasteiger partial charge in [0.15, 0.2) is 5.82 Å². The Kier molecular flexibility index (Phi) is 8.19. The molecule has 1 aliphatic heterocycles. The van der Waals surface area contributed by atoms with E-state index >= 15 is 0 Å². The van der Waals surface area contributed by atoms with Gasteiger partial charge < -0.3 is 19.6 Å². The summed E-state index contributed by atoms with van der Waals surface area (Å²) in [5.74, 6) is -1.52. The van der Waals surface area contributed by atoms with Crippen LogP contribution in [0.25, 0.3) is 0 Å². The maximum Gasteiger partial charge on any atom is 0.490 e. The SMILES string of the molecule is CCN(C)c1ccnc(C2COCCN2C(=O)c2ccncn2)n1.O=C(O)C(F)(F)F. The molecule has 0 spiro atoms. The second-order valence-electron chi connectivity index (χ2n) is 6.27. The number of alkyl halides is 3. The first-order valence-corrected chi connectivity index (χ1v) is 9.14. The summed E-state index contributed by atoms with van der Waals surface area (Å²) in [6.07, 6.45) is -0.440. The largest absolute Gasteiger partial charge is 0.490 e. The van der Waals surface area contributed by atoms with Crippen LogP contribution in [0.4, 0.5) is 19.0 Å². The third kappa shape index (κ3) is 6.57. The third-order valence-electron chi connectivity index (χ3n) is 4.26. The quantitative estimate of drug-likeness (QED) is 0.752. The Bertz CT molecular complexity index is 884. The molecule has 0 aliphatic carbocycles. The molecule has 0 radical (unpaired) electrons. The molecule has 3 heterocycles. The van der Waals surface area contributed by atoms with Crippen molar-refractivity contribution >= 4 is 17.7 Å². The fraction of sp³-hybridized carbons (Fsp3) is 0.444. The van der Waals surface area contributed by atoms with Crippen LogP contribution < -0.4 is 4.90 Å². The van der Waals surface area contributed by atoms with Crippen LogP contribution in [0.2, 0.25) is 0 Å². The molecule has 1 unspecified atom stereocenters. The molecule has 1 atom stereocenters. The van der Waals surface area contributed by atoms with Gasteiger partial charge in [0.2, 0.25) is 0 Å². The van der Waals surface area contributed by atoms with E-state index in [1.165, 1.54) is 6.33 Å². The molecule has 0 bridgehead atoms. The van der Waals surface area contributed by atoms with E-state index in [0.29, 0.717) is 31.3 Å². The average molecular weight is 442 g/mol. The van der Waals surface area contributed by atoms with Crippen molar-refractivity contribution in [3.63, 3.8) is 0 Å². The predicted molar refractivity (Wildman–Crippen MR) is 101 cm³/mol. The van der Waals surface area contributed by atoms with Crippen LogP contribution in [-0.4, -0.2) is 81.3 Å². The first-order chi connectivity index (χ1) is 14.6. The molecule has 1 N–H and O–H groups in total. The van der Waals surface area contributed by atoms with E-state index in [9.17, 15) is 18.0 Å². The molecule has 13 heteroatoms. The smallest absolute Gasteiger partial charge is 0.475 e. The lowest BCUT2D eigenvalue weighted by Gasteiger charge is -2.34. The molecule has 0 saturated carbocycles. The number of aliphatic carboxylic acids is 1. The van der Waals surface area contributed by atoms with Gasteiger partial charge in [0.05, 0.1) is 13.2 Å². The number of carboxylic acids is 1. The highest BCUT2D eigenvalue weighted by Gasteiger charge is 2.38. The van der Waals surface area contributed by atoms with Crippen molar-refractivity contribution in [2.45, 2.75) is 19.1 Å². The summed E-state index contributed by atoms with van der Waals surface area (Å²) in [7, 11) is 1.97. The van der Waals surface area contributed by atoms with Gasteiger partial charge in [-0.05, 0) is 19.1 Å². The number of rotatable bonds is 4. The number of carbonyl (C=O) groups is 2. The summed E-state index contributed by atoms with van der Waals surface area (Å²) in [6, 6.07) is 3.14. The van der Waals surface area contributed by atoms with Gasteiger partial charge in [0.1, 0.15) is 23.9 Å². The Morgan fingerprint density at radius 1 is 1.29 bits per heavy atom. The number of carbonyl (C=O) groups excluding carboxylic acids is 1. The molecule has 2 aromatic heterocycles. The standard InChI is InChI=1S/C16H20N6O2.C2HF3O2/c1-3-21(2)14-5-7-18-15(20-14)13-10-24-9-8-22(13)16(23)12-4-6-17-11-19-12;3-2(4,5)1(6)7/h4-7,11,13H,3,8-10H2,1-2H3;(H,6,7). The van der Waals surface area contributed by atoms with E-state index in [1.54, 1.807) is 23.4 Å². The molecular formula is C18H21F3N6O4. The lowest BCUT2D eigenvalue weighted by atomic mass is 10.2. The molecule has 2 aromatic rings. The summed E-state index contributed by atoms with van der Waals surface area (Å²) in [4.78, 5) is 42.3. The van der Waals surface area contributed by atoms with Crippen LogP contribution >= 0.6 is 0 Å². The predicted octanol–water partition coefficient (Wildman–Crippen LogP) is 1.57. The van der Waals surface area contributed by atoms with E-state index in [0.717, 1.165) is 12.4 Å². The molecule has 1 amide bonds. The fourth-order valence-electron chi connectivity index (χ4n) is 2.52. The molecule has 1 fully saturated rings. The molecule has 0 aromatic carbocycles. The van der Waals surface area contributed by atoms with Crippen LogP contribution in [0.5, 0.6) is 0 Å². The van der Waals surface area contributed by atoms with Crippen molar-refractivity contribution in [1.29, 1.82) is 0 Å². The molecule has 10 nitrogen and oxygen atoms in total. The van der Waals surface area contributed by atoms with Gasteiger partial charge in [-0.25, -0.2) is 24.7 Å². The molecule has 31 heavy (non-hydrogen) atoms. The summed E-state index contributed by atoms with van der Waals surface area (Å²) >= 11 is 0. The second kappa shape index (κ2) is 10.6. The third-order valence-corrected chi connectivity index (χ3v) is 4.26. The van der Waals surface area contributed by atoms with Gasteiger partial charge in [0, 0.05) is 32.5 Å². The first-order valence-electron chi connectivity index (χ1n) is 9.14. The van der Waals surface area contributed by atoms with E-state index in [2.05, 4.69) is 26.9 Å². The highest BCUT2D eigenvalue weighted by Crippen LogP contribution is 2.24. The number of halogens is 3. The number of carboxylic acid groups (broad SMARTS) is 1. The monoisotopic (exact) mass is 442 g/mol. The zero-order valence-corrected chi connectivity index (χ0v) is 16.8. The van der Waals surface area contributed by atoms with Gasteiger partial charge >= 0.3 is 12.1 Å². The second-order valence-corrected chi connectivity index (χ2v) is 6.27. The Morgan fingerprint density at radius 2 is 2.00 bits per heavy atom. The molecule has 1 saturated heterocycles. The van der Waals surface area contributed by atoms with E-state index < -0.39 is 12.1 Å². The minimum absolute atomic E-state index is 0.163. The minimum atomic E-state index is -5.08. The molecule has 3 rings (SSSR count). The van der Waals surface area contributed by atoms with Crippen molar-refractivity contribution in [1.82, 2.24) is 24.8 Å². The van der Waals surface area contributed by atoms with Crippen molar-refractivity contribution < 1.29 is 32.6 Å². The number of nitrogens with zero attached hydrogens (tertiary/aromatic N) is 6. The minimum Gasteiger partial charge on any atom is -0.475 e. The number of morpholine rings is 1. The van der Waals surface area contributed by atoms with Gasteiger partial charge in [-0.1, -0.05) is 0 Å². The highest BCUT2D eigenvalue weighted by molar-refractivity contribution is 5.92. The highest BCUT2D eigenvalue weighted by atomic mass is 19.4. The number of aromatic nitrogens is 4. The van der Waals surface area contributed by atoms with E-state index in [4.69, 9.17) is 14.6 Å². The number of hydrogen-bond donors (Lipinski definition) is 1. The van der Waals surface area contributed by atoms with Gasteiger partial charge in [-0.2, -0.15) is 13.2 Å². The Balaban J connectivity index is 0.000000423.